The summed E-state index contributed by atoms with van der Waals surface area (Å²) in [5.74, 6) is -0.579. The van der Waals surface area contributed by atoms with E-state index in [4.69, 9.17) is 9.47 Å². The zero-order valence-corrected chi connectivity index (χ0v) is 31.1. The second-order valence-corrected chi connectivity index (χ2v) is 14.1. The van der Waals surface area contributed by atoms with Gasteiger partial charge in [-0.15, -0.1) is 0 Å². The van der Waals surface area contributed by atoms with Gasteiger partial charge in [0.2, 0.25) is 0 Å². The highest BCUT2D eigenvalue weighted by Crippen LogP contribution is 2.16. The van der Waals surface area contributed by atoms with Crippen molar-refractivity contribution >= 4 is 11.9 Å². The first-order chi connectivity index (χ1) is 22.6. The summed E-state index contributed by atoms with van der Waals surface area (Å²) < 4.78 is 10.6. The van der Waals surface area contributed by atoms with Crippen LogP contribution in [0.5, 0.6) is 0 Å². The third-order valence-corrected chi connectivity index (χ3v) is 9.40. The van der Waals surface area contributed by atoms with Gasteiger partial charge in [-0.1, -0.05) is 206 Å². The van der Waals surface area contributed by atoms with Crippen LogP contribution in [-0.2, 0) is 19.1 Å². The number of hydrogen-bond donors (Lipinski definition) is 1. The van der Waals surface area contributed by atoms with Gasteiger partial charge in [-0.05, 0) is 12.8 Å². The molecule has 1 atom stereocenters. The van der Waals surface area contributed by atoms with Gasteiger partial charge < -0.3 is 14.6 Å². The van der Waals surface area contributed by atoms with Gasteiger partial charge in [0.1, 0.15) is 6.61 Å². The normalized spacial score (nSPS) is 12.0. The Balaban J connectivity index is 3.41. The zero-order chi connectivity index (χ0) is 33.6. The van der Waals surface area contributed by atoms with Gasteiger partial charge >= 0.3 is 11.9 Å². The van der Waals surface area contributed by atoms with E-state index in [2.05, 4.69) is 13.8 Å². The molecular formula is C41H80O5. The Morgan fingerprint density at radius 3 is 0.957 bits per heavy atom. The van der Waals surface area contributed by atoms with Crippen LogP contribution < -0.4 is 0 Å². The van der Waals surface area contributed by atoms with Crippen molar-refractivity contribution in [2.75, 3.05) is 13.2 Å². The van der Waals surface area contributed by atoms with Crippen molar-refractivity contribution in [3.8, 4) is 0 Å². The van der Waals surface area contributed by atoms with Crippen molar-refractivity contribution in [2.24, 2.45) is 0 Å². The predicted octanol–water partition coefficient (Wildman–Crippen LogP) is 12.7. The molecule has 0 aromatic rings. The summed E-state index contributed by atoms with van der Waals surface area (Å²) in [6.45, 7) is 4.14. The fourth-order valence-electron chi connectivity index (χ4n) is 6.26. The fraction of sp³-hybridized carbons (Fsp3) is 0.951. The van der Waals surface area contributed by atoms with Gasteiger partial charge in [0, 0.05) is 12.8 Å². The van der Waals surface area contributed by atoms with E-state index in [-0.39, 0.29) is 25.2 Å². The van der Waals surface area contributed by atoms with Crippen molar-refractivity contribution in [3.05, 3.63) is 0 Å². The number of aliphatic hydroxyl groups is 1. The Hall–Kier alpha value is -1.10. The predicted molar refractivity (Wildman–Crippen MR) is 196 cm³/mol. The highest BCUT2D eigenvalue weighted by molar-refractivity contribution is 5.70. The third kappa shape index (κ3) is 35.7. The first kappa shape index (κ1) is 44.9. The molecule has 5 heteroatoms. The van der Waals surface area contributed by atoms with Gasteiger partial charge in [0.15, 0.2) is 6.10 Å². The largest absolute Gasteiger partial charge is 0.462 e. The van der Waals surface area contributed by atoms with E-state index in [1.54, 1.807) is 0 Å². The monoisotopic (exact) mass is 653 g/mol. The lowest BCUT2D eigenvalue weighted by molar-refractivity contribution is -0.161. The molecule has 0 aromatic heterocycles. The summed E-state index contributed by atoms with van der Waals surface area (Å²) in [4.78, 5) is 24.2. The van der Waals surface area contributed by atoms with Crippen LogP contribution in [-0.4, -0.2) is 36.4 Å². The average Bonchev–Trinajstić information content (AvgIpc) is 3.06. The van der Waals surface area contributed by atoms with Crippen LogP contribution in [0.4, 0.5) is 0 Å². The minimum atomic E-state index is -0.760. The number of carbonyl (C=O) groups is 2. The summed E-state index contributed by atoms with van der Waals surface area (Å²) in [6, 6.07) is 0. The van der Waals surface area contributed by atoms with Crippen molar-refractivity contribution in [2.45, 2.75) is 238 Å². The molecule has 0 saturated carbocycles. The summed E-state index contributed by atoms with van der Waals surface area (Å²) in [5.41, 5.74) is 0. The Morgan fingerprint density at radius 1 is 0.413 bits per heavy atom. The molecule has 274 valence electrons. The lowest BCUT2D eigenvalue weighted by Crippen LogP contribution is -2.28. The van der Waals surface area contributed by atoms with Crippen LogP contribution in [0, 0.1) is 0 Å². The van der Waals surface area contributed by atoms with E-state index < -0.39 is 6.10 Å². The molecule has 1 N–H and O–H groups in total. The molecule has 0 heterocycles. The first-order valence-electron chi connectivity index (χ1n) is 20.6. The van der Waals surface area contributed by atoms with E-state index in [0.29, 0.717) is 12.8 Å². The average molecular weight is 653 g/mol. The maximum absolute atomic E-state index is 12.1. The number of esters is 2. The van der Waals surface area contributed by atoms with Crippen molar-refractivity contribution in [1.29, 1.82) is 0 Å². The Bertz CT molecular complexity index is 622. The number of unbranched alkanes of at least 4 members (excludes halogenated alkanes) is 30. The molecule has 0 spiro atoms. The molecule has 0 radical (unpaired) electrons. The molecule has 0 rings (SSSR count). The van der Waals surface area contributed by atoms with Crippen molar-refractivity contribution < 1.29 is 24.2 Å². The number of carbonyl (C=O) groups excluding carboxylic acids is 2. The van der Waals surface area contributed by atoms with Gasteiger partial charge in [0.05, 0.1) is 6.61 Å². The third-order valence-electron chi connectivity index (χ3n) is 9.40. The minimum Gasteiger partial charge on any atom is -0.462 e. The van der Waals surface area contributed by atoms with Gasteiger partial charge in [-0.3, -0.25) is 9.59 Å². The van der Waals surface area contributed by atoms with Gasteiger partial charge in [-0.2, -0.15) is 0 Å². The molecule has 0 aliphatic rings. The van der Waals surface area contributed by atoms with Crippen LogP contribution in [0.15, 0.2) is 0 Å². The maximum atomic E-state index is 12.1. The lowest BCUT2D eigenvalue weighted by atomic mass is 10.0. The SMILES string of the molecule is CCCCCCCCCCCCCCCCCCCCCCCCCC(=O)OC[C@H](CO)OC(=O)CCCCCCCCCCC. The highest BCUT2D eigenvalue weighted by Gasteiger charge is 2.16. The molecule has 0 saturated heterocycles. The fourth-order valence-corrected chi connectivity index (χ4v) is 6.26. The molecule has 0 aromatic carbocycles. The summed E-state index contributed by atoms with van der Waals surface area (Å²) >= 11 is 0. The van der Waals surface area contributed by atoms with Crippen molar-refractivity contribution in [3.63, 3.8) is 0 Å². The smallest absolute Gasteiger partial charge is 0.306 e. The number of hydrogen-bond acceptors (Lipinski definition) is 5. The van der Waals surface area contributed by atoms with Crippen LogP contribution in [0.1, 0.15) is 232 Å². The van der Waals surface area contributed by atoms with Crippen LogP contribution >= 0.6 is 0 Å². The summed E-state index contributed by atoms with van der Waals surface area (Å²) in [6.07, 6.45) is 41.9. The lowest BCUT2D eigenvalue weighted by Gasteiger charge is -2.15. The summed E-state index contributed by atoms with van der Waals surface area (Å²) in [5, 5.41) is 9.52. The van der Waals surface area contributed by atoms with Crippen LogP contribution in [0.2, 0.25) is 0 Å². The number of ether oxygens (including phenoxy) is 2. The standard InChI is InChI=1S/C41H80O5/c1-3-5-7-9-11-13-14-15-16-17-18-19-20-21-22-23-24-25-26-28-29-31-33-35-40(43)45-38-39(37-42)46-41(44)36-34-32-30-27-12-10-8-6-4-2/h39,42H,3-38H2,1-2H3/t39-/m0/s1. The van der Waals surface area contributed by atoms with Gasteiger partial charge in [0.25, 0.3) is 0 Å². The Labute approximate surface area is 287 Å². The first-order valence-corrected chi connectivity index (χ1v) is 20.6. The minimum absolute atomic E-state index is 0.0574. The number of rotatable bonds is 38. The molecule has 0 fully saturated rings. The topological polar surface area (TPSA) is 72.8 Å². The highest BCUT2D eigenvalue weighted by atomic mass is 16.6. The van der Waals surface area contributed by atoms with E-state index in [1.807, 2.05) is 0 Å². The quantitative estimate of drug-likeness (QED) is 0.0531. The van der Waals surface area contributed by atoms with E-state index in [1.165, 1.54) is 173 Å². The molecule has 0 amide bonds. The molecule has 46 heavy (non-hydrogen) atoms. The molecule has 0 aliphatic carbocycles. The summed E-state index contributed by atoms with van der Waals surface area (Å²) in [7, 11) is 0. The molecule has 0 aliphatic heterocycles. The zero-order valence-electron chi connectivity index (χ0n) is 31.1. The van der Waals surface area contributed by atoms with Crippen LogP contribution in [0.25, 0.3) is 0 Å². The second kappa shape index (κ2) is 38.3. The van der Waals surface area contributed by atoms with Gasteiger partial charge in [-0.25, -0.2) is 0 Å². The van der Waals surface area contributed by atoms with E-state index in [0.717, 1.165) is 32.1 Å². The van der Waals surface area contributed by atoms with Crippen molar-refractivity contribution in [1.82, 2.24) is 0 Å². The maximum Gasteiger partial charge on any atom is 0.306 e. The van der Waals surface area contributed by atoms with Crippen LogP contribution in [0.3, 0.4) is 0 Å². The molecule has 0 unspecified atom stereocenters. The Kier molecular flexibility index (Phi) is 37.4. The van der Waals surface area contributed by atoms with E-state index in [9.17, 15) is 14.7 Å². The second-order valence-electron chi connectivity index (χ2n) is 14.1. The molecule has 5 nitrogen and oxygen atoms in total. The number of aliphatic hydroxyl groups excluding tert-OH is 1. The molecule has 0 bridgehead atoms. The molecular weight excluding hydrogens is 572 g/mol. The Morgan fingerprint density at radius 2 is 0.674 bits per heavy atom. The van der Waals surface area contributed by atoms with E-state index >= 15 is 0 Å².